The van der Waals surface area contributed by atoms with Crippen molar-refractivity contribution in [2.24, 2.45) is 0 Å². The minimum absolute atomic E-state index is 0.0992. The van der Waals surface area contributed by atoms with Crippen LogP contribution >= 0.6 is 11.8 Å². The second-order valence-corrected chi connectivity index (χ2v) is 5.66. The number of hydrogen-bond donors (Lipinski definition) is 1. The zero-order valence-electron chi connectivity index (χ0n) is 11.9. The van der Waals surface area contributed by atoms with Gasteiger partial charge in [0.15, 0.2) is 0 Å². The molecule has 0 radical (unpaired) electrons. The molecular weight excluding hydrogens is 286 g/mol. The quantitative estimate of drug-likeness (QED) is 0.649. The van der Waals surface area contributed by atoms with Crippen molar-refractivity contribution in [2.75, 3.05) is 6.54 Å². The van der Waals surface area contributed by atoms with Crippen molar-refractivity contribution < 1.29 is 4.92 Å². The lowest BCUT2D eigenvalue weighted by atomic mass is 10.1. The average molecular weight is 303 g/mol. The van der Waals surface area contributed by atoms with Crippen LogP contribution in [0.3, 0.4) is 0 Å². The minimum atomic E-state index is -0.399. The first-order chi connectivity index (χ1) is 10.1. The first-order valence-electron chi connectivity index (χ1n) is 6.71. The molecule has 5 nitrogen and oxygen atoms in total. The van der Waals surface area contributed by atoms with Gasteiger partial charge in [-0.2, -0.15) is 0 Å². The molecule has 21 heavy (non-hydrogen) atoms. The van der Waals surface area contributed by atoms with Crippen LogP contribution in [0, 0.1) is 10.1 Å². The molecule has 0 fully saturated rings. The topological polar surface area (TPSA) is 68.1 Å². The second-order valence-electron chi connectivity index (χ2n) is 4.56. The smallest absolute Gasteiger partial charge is 0.269 e. The molecule has 1 atom stereocenters. The number of nitro benzene ring substituents is 1. The van der Waals surface area contributed by atoms with Crippen LogP contribution in [0.25, 0.3) is 0 Å². The molecule has 2 rings (SSSR count). The fourth-order valence-electron chi connectivity index (χ4n) is 1.89. The highest BCUT2D eigenvalue weighted by Gasteiger charge is 2.07. The number of hydrogen-bond acceptors (Lipinski definition) is 5. The Morgan fingerprint density at radius 3 is 2.52 bits per heavy atom. The van der Waals surface area contributed by atoms with Crippen LogP contribution in [0.2, 0.25) is 0 Å². The number of pyridine rings is 1. The van der Waals surface area contributed by atoms with Crippen molar-refractivity contribution in [3.05, 3.63) is 58.3 Å². The molecule has 1 N–H and O–H groups in total. The molecule has 0 aliphatic carbocycles. The van der Waals surface area contributed by atoms with Gasteiger partial charge < -0.3 is 5.32 Å². The summed E-state index contributed by atoms with van der Waals surface area (Å²) in [7, 11) is 0. The van der Waals surface area contributed by atoms with E-state index < -0.39 is 4.92 Å². The van der Waals surface area contributed by atoms with Crippen molar-refractivity contribution in [2.45, 2.75) is 29.8 Å². The molecule has 0 spiro atoms. The van der Waals surface area contributed by atoms with Gasteiger partial charge in [-0.15, -0.1) is 0 Å². The molecule has 0 aliphatic rings. The maximum absolute atomic E-state index is 10.6. The van der Waals surface area contributed by atoms with E-state index in [4.69, 9.17) is 0 Å². The number of aromatic nitrogens is 1. The number of rotatable bonds is 6. The van der Waals surface area contributed by atoms with Gasteiger partial charge in [0.05, 0.1) is 4.92 Å². The molecule has 0 aliphatic heterocycles. The minimum Gasteiger partial charge on any atom is -0.310 e. The zero-order valence-corrected chi connectivity index (χ0v) is 12.8. The van der Waals surface area contributed by atoms with E-state index >= 15 is 0 Å². The molecule has 0 saturated carbocycles. The normalized spacial score (nSPS) is 12.1. The summed E-state index contributed by atoms with van der Waals surface area (Å²) in [4.78, 5) is 15.6. The van der Waals surface area contributed by atoms with E-state index in [1.807, 2.05) is 18.3 Å². The summed E-state index contributed by atoms with van der Waals surface area (Å²) in [6.07, 6.45) is 1.86. The van der Waals surface area contributed by atoms with Crippen molar-refractivity contribution >= 4 is 17.4 Å². The Labute approximate surface area is 127 Å². The number of nitrogens with zero attached hydrogens (tertiary/aromatic N) is 2. The fraction of sp³-hybridized carbons (Fsp3) is 0.267. The van der Waals surface area contributed by atoms with Gasteiger partial charge in [0, 0.05) is 29.3 Å². The molecule has 110 valence electrons. The third-order valence-corrected chi connectivity index (χ3v) is 4.00. The molecule has 1 unspecified atom stereocenters. The van der Waals surface area contributed by atoms with Gasteiger partial charge in [0.2, 0.25) is 0 Å². The Balaban J connectivity index is 2.04. The van der Waals surface area contributed by atoms with Gasteiger partial charge >= 0.3 is 0 Å². The van der Waals surface area contributed by atoms with Crippen molar-refractivity contribution in [1.82, 2.24) is 10.3 Å². The lowest BCUT2D eigenvalue weighted by Crippen LogP contribution is -2.17. The van der Waals surface area contributed by atoms with Crippen LogP contribution < -0.4 is 5.32 Å². The van der Waals surface area contributed by atoms with E-state index in [1.165, 1.54) is 23.9 Å². The third kappa shape index (κ3) is 4.27. The van der Waals surface area contributed by atoms with Gasteiger partial charge in [0.25, 0.3) is 5.69 Å². The Morgan fingerprint density at radius 2 is 2.00 bits per heavy atom. The lowest BCUT2D eigenvalue weighted by molar-refractivity contribution is -0.384. The van der Waals surface area contributed by atoms with E-state index in [0.29, 0.717) is 0 Å². The van der Waals surface area contributed by atoms with Crippen LogP contribution in [0.4, 0.5) is 5.69 Å². The molecule has 1 heterocycles. The van der Waals surface area contributed by atoms with E-state index in [1.54, 1.807) is 12.1 Å². The highest BCUT2D eigenvalue weighted by molar-refractivity contribution is 7.99. The van der Waals surface area contributed by atoms with Crippen molar-refractivity contribution in [3.8, 4) is 0 Å². The van der Waals surface area contributed by atoms with Gasteiger partial charge in [-0.25, -0.2) is 4.98 Å². The highest BCUT2D eigenvalue weighted by atomic mass is 32.2. The molecular formula is C15H17N3O2S. The van der Waals surface area contributed by atoms with Gasteiger partial charge in [0.1, 0.15) is 5.03 Å². The first kappa shape index (κ1) is 15.5. The molecule has 2 aromatic rings. The van der Waals surface area contributed by atoms with Crippen molar-refractivity contribution in [3.63, 3.8) is 0 Å². The van der Waals surface area contributed by atoms with Crippen LogP contribution in [0.5, 0.6) is 0 Å². The van der Waals surface area contributed by atoms with E-state index in [0.717, 1.165) is 22.0 Å². The van der Waals surface area contributed by atoms with Crippen LogP contribution in [-0.4, -0.2) is 16.5 Å². The molecule has 1 aromatic heterocycles. The van der Waals surface area contributed by atoms with E-state index in [9.17, 15) is 10.1 Å². The lowest BCUT2D eigenvalue weighted by Gasteiger charge is -2.12. The Morgan fingerprint density at radius 1 is 1.29 bits per heavy atom. The summed E-state index contributed by atoms with van der Waals surface area (Å²) in [5.41, 5.74) is 1.24. The van der Waals surface area contributed by atoms with E-state index in [2.05, 4.69) is 24.1 Å². The predicted octanol–water partition coefficient (Wildman–Crippen LogP) is 3.81. The summed E-state index contributed by atoms with van der Waals surface area (Å²) >= 11 is 1.49. The number of non-ortho nitro benzene ring substituents is 1. The monoisotopic (exact) mass is 303 g/mol. The molecule has 0 saturated heterocycles. The van der Waals surface area contributed by atoms with Crippen LogP contribution in [0.1, 0.15) is 25.5 Å². The Kier molecular flexibility index (Phi) is 5.30. The van der Waals surface area contributed by atoms with Gasteiger partial charge in [-0.1, -0.05) is 24.8 Å². The maximum Gasteiger partial charge on any atom is 0.269 e. The number of benzene rings is 1. The third-order valence-electron chi connectivity index (χ3n) is 3.04. The molecule has 0 bridgehead atoms. The Bertz CT molecular complexity index is 599. The predicted molar refractivity (Wildman–Crippen MR) is 83.5 cm³/mol. The van der Waals surface area contributed by atoms with Crippen LogP contribution in [0.15, 0.2) is 52.5 Å². The summed E-state index contributed by atoms with van der Waals surface area (Å²) < 4.78 is 0. The number of nitrogens with one attached hydrogen (secondary N) is 1. The second kappa shape index (κ2) is 7.19. The molecule has 1 aromatic carbocycles. The summed E-state index contributed by atoms with van der Waals surface area (Å²) in [5.74, 6) is 0. The maximum atomic E-state index is 10.6. The Hall–Kier alpha value is -1.92. The van der Waals surface area contributed by atoms with Gasteiger partial charge in [-0.3, -0.25) is 10.1 Å². The summed E-state index contributed by atoms with van der Waals surface area (Å²) in [6, 6.07) is 10.8. The molecule has 6 heteroatoms. The highest BCUT2D eigenvalue weighted by Crippen LogP contribution is 2.28. The SMILES string of the molecule is CCNC(C)c1ccc(Sc2ccc([N+](=O)[O-])cc2)nc1. The average Bonchev–Trinajstić information content (AvgIpc) is 2.49. The summed E-state index contributed by atoms with van der Waals surface area (Å²) in [6.45, 7) is 5.09. The fourth-order valence-corrected chi connectivity index (χ4v) is 2.64. The standard InChI is InChI=1S/C15H17N3O2S/c1-3-16-11(2)12-4-9-15(17-10-12)21-14-7-5-13(6-8-14)18(19)20/h4-11,16H,3H2,1-2H3. The van der Waals surface area contributed by atoms with Gasteiger partial charge in [-0.05, 0) is 37.2 Å². The first-order valence-corrected chi connectivity index (χ1v) is 7.53. The number of nitro groups is 1. The molecule has 0 amide bonds. The zero-order chi connectivity index (χ0) is 15.2. The van der Waals surface area contributed by atoms with Crippen LogP contribution in [-0.2, 0) is 0 Å². The van der Waals surface area contributed by atoms with Crippen molar-refractivity contribution in [1.29, 1.82) is 0 Å². The van der Waals surface area contributed by atoms with E-state index in [-0.39, 0.29) is 11.7 Å². The largest absolute Gasteiger partial charge is 0.310 e. The summed E-state index contributed by atoms with van der Waals surface area (Å²) in [5, 5.41) is 14.8.